The van der Waals surface area contributed by atoms with Crippen molar-refractivity contribution in [1.82, 2.24) is 0 Å². The lowest BCUT2D eigenvalue weighted by Gasteiger charge is -2.07. The summed E-state index contributed by atoms with van der Waals surface area (Å²) >= 11 is 0. The number of carbonyl (C=O) groups excluding carboxylic acids is 1. The van der Waals surface area contributed by atoms with Gasteiger partial charge in [0, 0.05) is 29.6 Å². The van der Waals surface area contributed by atoms with Crippen LogP contribution in [0.15, 0.2) is 42.5 Å². The van der Waals surface area contributed by atoms with Crippen LogP contribution in [0.3, 0.4) is 0 Å². The second-order valence-corrected chi connectivity index (χ2v) is 4.04. The Hall–Kier alpha value is -3.03. The first-order valence-electron chi connectivity index (χ1n) is 5.72. The number of benzene rings is 2. The molecule has 2 amide bonds. The van der Waals surface area contributed by atoms with Crippen molar-refractivity contribution in [3.05, 3.63) is 64.2 Å². The lowest BCUT2D eigenvalue weighted by atomic mass is 10.3. The molecular weight excluding hydrogens is 284 g/mol. The van der Waals surface area contributed by atoms with E-state index in [2.05, 4.69) is 10.6 Å². The van der Waals surface area contributed by atoms with Gasteiger partial charge in [-0.25, -0.2) is 13.6 Å². The second kappa shape index (κ2) is 5.95. The molecule has 0 aliphatic rings. The highest BCUT2D eigenvalue weighted by Crippen LogP contribution is 2.18. The van der Waals surface area contributed by atoms with Crippen molar-refractivity contribution >= 4 is 23.1 Å². The van der Waals surface area contributed by atoms with Crippen molar-refractivity contribution in [3.8, 4) is 0 Å². The van der Waals surface area contributed by atoms with Gasteiger partial charge in [0.2, 0.25) is 0 Å². The van der Waals surface area contributed by atoms with Gasteiger partial charge in [-0.3, -0.25) is 10.1 Å². The molecule has 0 aliphatic carbocycles. The molecule has 0 bridgehead atoms. The normalized spacial score (nSPS) is 10.0. The van der Waals surface area contributed by atoms with E-state index in [1.807, 2.05) is 0 Å². The summed E-state index contributed by atoms with van der Waals surface area (Å²) in [5.74, 6) is -1.67. The van der Waals surface area contributed by atoms with Crippen LogP contribution >= 0.6 is 0 Å². The number of nitrogens with zero attached hydrogens (tertiary/aromatic N) is 1. The number of rotatable bonds is 3. The van der Waals surface area contributed by atoms with E-state index in [9.17, 15) is 23.7 Å². The molecule has 0 fully saturated rings. The van der Waals surface area contributed by atoms with E-state index in [1.54, 1.807) is 0 Å². The van der Waals surface area contributed by atoms with Crippen molar-refractivity contribution < 1.29 is 18.5 Å². The average molecular weight is 293 g/mol. The number of carbonyl (C=O) groups is 1. The molecule has 2 rings (SSSR count). The molecule has 0 saturated carbocycles. The summed E-state index contributed by atoms with van der Waals surface area (Å²) in [6, 6.07) is 7.04. The molecule has 108 valence electrons. The molecule has 0 unspecified atom stereocenters. The van der Waals surface area contributed by atoms with Gasteiger partial charge in [-0.1, -0.05) is 6.07 Å². The van der Waals surface area contributed by atoms with Gasteiger partial charge in [0.05, 0.1) is 4.92 Å². The zero-order valence-corrected chi connectivity index (χ0v) is 10.5. The fourth-order valence-electron chi connectivity index (χ4n) is 1.62. The number of anilines is 2. The molecule has 2 aromatic carbocycles. The summed E-state index contributed by atoms with van der Waals surface area (Å²) in [4.78, 5) is 21.6. The number of hydrogen-bond acceptors (Lipinski definition) is 3. The third-order valence-electron chi connectivity index (χ3n) is 2.44. The van der Waals surface area contributed by atoms with Crippen LogP contribution in [0.5, 0.6) is 0 Å². The van der Waals surface area contributed by atoms with Crippen molar-refractivity contribution in [1.29, 1.82) is 0 Å². The maximum absolute atomic E-state index is 13.0. The van der Waals surface area contributed by atoms with Crippen molar-refractivity contribution in [2.24, 2.45) is 0 Å². The number of urea groups is 1. The van der Waals surface area contributed by atoms with Crippen molar-refractivity contribution in [2.45, 2.75) is 0 Å². The van der Waals surface area contributed by atoms with Crippen LogP contribution in [0.4, 0.5) is 30.6 Å². The average Bonchev–Trinajstić information content (AvgIpc) is 2.37. The second-order valence-electron chi connectivity index (χ2n) is 4.04. The molecule has 2 N–H and O–H groups in total. The van der Waals surface area contributed by atoms with Gasteiger partial charge >= 0.3 is 6.03 Å². The van der Waals surface area contributed by atoms with Crippen molar-refractivity contribution in [3.63, 3.8) is 0 Å². The number of amides is 2. The quantitative estimate of drug-likeness (QED) is 0.670. The molecule has 8 heteroatoms. The van der Waals surface area contributed by atoms with Gasteiger partial charge in [0.15, 0.2) is 0 Å². The molecule has 0 spiro atoms. The molecule has 0 radical (unpaired) electrons. The lowest BCUT2D eigenvalue weighted by molar-refractivity contribution is -0.384. The highest BCUT2D eigenvalue weighted by molar-refractivity contribution is 5.99. The Balaban J connectivity index is 2.08. The van der Waals surface area contributed by atoms with Crippen molar-refractivity contribution in [2.75, 3.05) is 10.6 Å². The Labute approximate surface area is 117 Å². The SMILES string of the molecule is O=C(Nc1cc(F)cc(F)c1)Nc1cccc([N+](=O)[O-])c1. The molecule has 2 aromatic rings. The van der Waals surface area contributed by atoms with Gasteiger partial charge < -0.3 is 10.6 Å². The van der Waals surface area contributed by atoms with Gasteiger partial charge in [-0.05, 0) is 18.2 Å². The Morgan fingerprint density at radius 2 is 1.62 bits per heavy atom. The van der Waals surface area contributed by atoms with Crippen LogP contribution in [0, 0.1) is 21.7 Å². The molecule has 6 nitrogen and oxygen atoms in total. The predicted octanol–water partition coefficient (Wildman–Crippen LogP) is 3.52. The van der Waals surface area contributed by atoms with Crippen LogP contribution in [0.25, 0.3) is 0 Å². The minimum atomic E-state index is -0.833. The maximum Gasteiger partial charge on any atom is 0.323 e. The molecule has 0 aromatic heterocycles. The summed E-state index contributed by atoms with van der Waals surface area (Å²) in [7, 11) is 0. The number of nitrogens with one attached hydrogen (secondary N) is 2. The fraction of sp³-hybridized carbons (Fsp3) is 0. The van der Waals surface area contributed by atoms with Gasteiger partial charge in [-0.2, -0.15) is 0 Å². The molecular formula is C13H9F2N3O3. The number of nitro benzene ring substituents is 1. The standard InChI is InChI=1S/C13H9F2N3O3/c14-8-4-9(15)6-11(5-8)17-13(19)16-10-2-1-3-12(7-10)18(20)21/h1-7H,(H2,16,17,19). The molecule has 21 heavy (non-hydrogen) atoms. The van der Waals surface area contributed by atoms with Crippen LogP contribution in [0.1, 0.15) is 0 Å². The number of nitro groups is 1. The van der Waals surface area contributed by atoms with E-state index in [0.29, 0.717) is 6.07 Å². The van der Waals surface area contributed by atoms with E-state index >= 15 is 0 Å². The zero-order chi connectivity index (χ0) is 15.4. The highest BCUT2D eigenvalue weighted by atomic mass is 19.1. The topological polar surface area (TPSA) is 84.3 Å². The predicted molar refractivity (Wildman–Crippen MR) is 72.1 cm³/mol. The van der Waals surface area contributed by atoms with Gasteiger partial charge in [-0.15, -0.1) is 0 Å². The number of non-ortho nitro benzene ring substituents is 1. The van der Waals surface area contributed by atoms with Gasteiger partial charge in [0.1, 0.15) is 11.6 Å². The fourth-order valence-corrected chi connectivity index (χ4v) is 1.62. The maximum atomic E-state index is 13.0. The van der Waals surface area contributed by atoms with Crippen LogP contribution < -0.4 is 10.6 Å². The van der Waals surface area contributed by atoms with E-state index in [1.165, 1.54) is 18.2 Å². The third kappa shape index (κ3) is 3.96. The minimum Gasteiger partial charge on any atom is -0.308 e. The first-order valence-corrected chi connectivity index (χ1v) is 5.72. The molecule has 0 saturated heterocycles. The smallest absolute Gasteiger partial charge is 0.308 e. The Morgan fingerprint density at radius 3 is 2.24 bits per heavy atom. The lowest BCUT2D eigenvalue weighted by Crippen LogP contribution is -2.19. The van der Waals surface area contributed by atoms with E-state index in [4.69, 9.17) is 0 Å². The minimum absolute atomic E-state index is 0.0737. The first kappa shape index (κ1) is 14.4. The number of hydrogen-bond donors (Lipinski definition) is 2. The third-order valence-corrected chi connectivity index (χ3v) is 2.44. The molecule has 0 aliphatic heterocycles. The zero-order valence-electron chi connectivity index (χ0n) is 10.5. The highest BCUT2D eigenvalue weighted by Gasteiger charge is 2.09. The summed E-state index contributed by atoms with van der Waals surface area (Å²) in [5.41, 5.74) is -0.0846. The molecule has 0 atom stereocenters. The largest absolute Gasteiger partial charge is 0.323 e. The van der Waals surface area contributed by atoms with E-state index < -0.39 is 22.6 Å². The monoisotopic (exact) mass is 293 g/mol. The summed E-state index contributed by atoms with van der Waals surface area (Å²) in [6.45, 7) is 0. The van der Waals surface area contributed by atoms with E-state index in [0.717, 1.165) is 18.2 Å². The van der Waals surface area contributed by atoms with E-state index in [-0.39, 0.29) is 17.1 Å². The Kier molecular flexibility index (Phi) is 4.07. The first-order chi connectivity index (χ1) is 9.94. The summed E-state index contributed by atoms with van der Waals surface area (Å²) in [6.07, 6.45) is 0. The van der Waals surface area contributed by atoms with Crippen LogP contribution in [-0.4, -0.2) is 11.0 Å². The summed E-state index contributed by atoms with van der Waals surface area (Å²) < 4.78 is 25.9. The summed E-state index contributed by atoms with van der Waals surface area (Å²) in [5, 5.41) is 15.1. The van der Waals surface area contributed by atoms with Crippen LogP contribution in [0.2, 0.25) is 0 Å². The Morgan fingerprint density at radius 1 is 1.00 bits per heavy atom. The van der Waals surface area contributed by atoms with Crippen LogP contribution in [-0.2, 0) is 0 Å². The molecule has 0 heterocycles. The number of halogens is 2. The Bertz CT molecular complexity index is 687. The van der Waals surface area contributed by atoms with Gasteiger partial charge in [0.25, 0.3) is 5.69 Å².